The third kappa shape index (κ3) is 2.41. The zero-order chi connectivity index (χ0) is 14.0. The molecule has 0 unspecified atom stereocenters. The Hall–Kier alpha value is -2.03. The van der Waals surface area contributed by atoms with Crippen molar-refractivity contribution in [1.29, 1.82) is 0 Å². The molecular weight excluding hydrogens is 268 g/mol. The fraction of sp³-hybridized carbons (Fsp3) is 0.500. The fourth-order valence-corrected chi connectivity index (χ4v) is 2.38. The van der Waals surface area contributed by atoms with Crippen molar-refractivity contribution in [2.45, 2.75) is 33.2 Å². The summed E-state index contributed by atoms with van der Waals surface area (Å²) in [4.78, 5) is 10.8. The maximum absolute atomic E-state index is 11.1. The Balaban J connectivity index is 2.46. The number of anilines is 1. The van der Waals surface area contributed by atoms with Crippen molar-refractivity contribution in [3.63, 3.8) is 0 Å². The second kappa shape index (κ2) is 5.31. The molecule has 102 valence electrons. The number of hydrogen-bond donors (Lipinski definition) is 1. The maximum atomic E-state index is 11.1. The SMILES string of the molecule is CCc1nn(Cc2nnsc2N)c(CC)c1[N+](=O)[O-]. The van der Waals surface area contributed by atoms with Crippen molar-refractivity contribution in [3.05, 3.63) is 27.2 Å². The Morgan fingerprint density at radius 1 is 1.37 bits per heavy atom. The van der Waals surface area contributed by atoms with Gasteiger partial charge in [-0.25, -0.2) is 0 Å². The molecule has 2 heterocycles. The summed E-state index contributed by atoms with van der Waals surface area (Å²) in [5.74, 6) is 0. The van der Waals surface area contributed by atoms with E-state index >= 15 is 0 Å². The Labute approximate surface area is 113 Å². The van der Waals surface area contributed by atoms with Gasteiger partial charge in [0.15, 0.2) is 0 Å². The number of nitrogens with zero attached hydrogens (tertiary/aromatic N) is 5. The van der Waals surface area contributed by atoms with Crippen LogP contribution in [0.3, 0.4) is 0 Å². The highest BCUT2D eigenvalue weighted by Crippen LogP contribution is 2.26. The zero-order valence-corrected chi connectivity index (χ0v) is 11.5. The molecule has 0 radical (unpaired) electrons. The first kappa shape index (κ1) is 13.4. The van der Waals surface area contributed by atoms with Crippen molar-refractivity contribution < 1.29 is 4.92 Å². The van der Waals surface area contributed by atoms with E-state index in [1.807, 2.05) is 13.8 Å². The molecule has 2 aromatic rings. The van der Waals surface area contributed by atoms with E-state index in [1.54, 1.807) is 4.68 Å². The van der Waals surface area contributed by atoms with E-state index in [0.717, 1.165) is 11.5 Å². The van der Waals surface area contributed by atoms with Gasteiger partial charge in [0.05, 0.1) is 11.5 Å². The minimum absolute atomic E-state index is 0.103. The average molecular weight is 282 g/mol. The van der Waals surface area contributed by atoms with Gasteiger partial charge in [0, 0.05) is 11.5 Å². The molecule has 2 N–H and O–H groups in total. The Morgan fingerprint density at radius 3 is 2.58 bits per heavy atom. The van der Waals surface area contributed by atoms with E-state index < -0.39 is 0 Å². The van der Waals surface area contributed by atoms with Crippen LogP contribution in [0.2, 0.25) is 0 Å². The van der Waals surface area contributed by atoms with Crippen LogP contribution in [0.1, 0.15) is 30.9 Å². The highest BCUT2D eigenvalue weighted by Gasteiger charge is 2.25. The van der Waals surface area contributed by atoms with Crippen LogP contribution in [0.15, 0.2) is 0 Å². The Kier molecular flexibility index (Phi) is 3.74. The van der Waals surface area contributed by atoms with Gasteiger partial charge in [-0.05, 0) is 12.8 Å². The molecule has 0 aliphatic carbocycles. The molecule has 0 aromatic carbocycles. The lowest BCUT2D eigenvalue weighted by atomic mass is 10.2. The molecule has 0 aliphatic heterocycles. The maximum Gasteiger partial charge on any atom is 0.313 e. The number of nitro groups is 1. The largest absolute Gasteiger partial charge is 0.388 e. The molecule has 0 saturated carbocycles. The summed E-state index contributed by atoms with van der Waals surface area (Å²) in [6.45, 7) is 4.02. The third-order valence-corrected chi connectivity index (χ3v) is 3.43. The quantitative estimate of drug-likeness (QED) is 0.655. The molecule has 0 aliphatic rings. The van der Waals surface area contributed by atoms with Crippen LogP contribution in [0.4, 0.5) is 10.7 Å². The lowest BCUT2D eigenvalue weighted by Gasteiger charge is -2.02. The van der Waals surface area contributed by atoms with Gasteiger partial charge in [-0.2, -0.15) is 5.10 Å². The van der Waals surface area contributed by atoms with Crippen LogP contribution in [0, 0.1) is 10.1 Å². The summed E-state index contributed by atoms with van der Waals surface area (Å²) in [5.41, 5.74) is 7.52. The molecule has 0 amide bonds. The van der Waals surface area contributed by atoms with Gasteiger partial charge in [-0.15, -0.1) is 5.10 Å². The highest BCUT2D eigenvalue weighted by molar-refractivity contribution is 7.09. The number of nitrogen functional groups attached to an aromatic ring is 1. The van der Waals surface area contributed by atoms with Gasteiger partial charge in [0.25, 0.3) is 0 Å². The van der Waals surface area contributed by atoms with E-state index in [0.29, 0.717) is 41.5 Å². The van der Waals surface area contributed by atoms with Crippen molar-refractivity contribution >= 4 is 22.2 Å². The van der Waals surface area contributed by atoms with Gasteiger partial charge in [0.1, 0.15) is 22.1 Å². The zero-order valence-electron chi connectivity index (χ0n) is 10.7. The summed E-state index contributed by atoms with van der Waals surface area (Å²) in [6, 6.07) is 0. The van der Waals surface area contributed by atoms with E-state index in [-0.39, 0.29) is 10.6 Å². The molecule has 0 saturated heterocycles. The van der Waals surface area contributed by atoms with Gasteiger partial charge in [-0.3, -0.25) is 14.8 Å². The van der Waals surface area contributed by atoms with E-state index in [4.69, 9.17) is 5.73 Å². The fourth-order valence-electron chi connectivity index (χ4n) is 1.94. The van der Waals surface area contributed by atoms with Gasteiger partial charge < -0.3 is 5.73 Å². The van der Waals surface area contributed by atoms with Crippen LogP contribution in [-0.2, 0) is 19.4 Å². The molecule has 2 aromatic heterocycles. The summed E-state index contributed by atoms with van der Waals surface area (Å²) in [6.07, 6.45) is 1.04. The monoisotopic (exact) mass is 282 g/mol. The molecule has 2 rings (SSSR count). The Bertz CT molecular complexity index is 605. The molecule has 8 nitrogen and oxygen atoms in total. The number of aromatic nitrogens is 4. The van der Waals surface area contributed by atoms with Crippen LogP contribution >= 0.6 is 11.5 Å². The lowest BCUT2D eigenvalue weighted by Crippen LogP contribution is -2.08. The molecule has 0 atom stereocenters. The smallest absolute Gasteiger partial charge is 0.313 e. The lowest BCUT2D eigenvalue weighted by molar-refractivity contribution is -0.386. The second-order valence-electron chi connectivity index (χ2n) is 3.95. The van der Waals surface area contributed by atoms with E-state index in [9.17, 15) is 10.1 Å². The normalized spacial score (nSPS) is 10.8. The first-order chi connectivity index (χ1) is 9.08. The standard InChI is InChI=1S/C10H14N6O2S/c1-3-6-9(16(17)18)8(4-2)15(13-6)5-7-10(11)19-14-12-7/h3-5,11H2,1-2H3. The van der Waals surface area contributed by atoms with Crippen LogP contribution < -0.4 is 5.73 Å². The molecular formula is C10H14N6O2S. The van der Waals surface area contributed by atoms with Gasteiger partial charge >= 0.3 is 5.69 Å². The summed E-state index contributed by atoms with van der Waals surface area (Å²) in [5, 5.41) is 19.9. The molecule has 19 heavy (non-hydrogen) atoms. The van der Waals surface area contributed by atoms with Crippen molar-refractivity contribution in [1.82, 2.24) is 19.4 Å². The topological polar surface area (TPSA) is 113 Å². The third-order valence-electron chi connectivity index (χ3n) is 2.84. The van der Waals surface area contributed by atoms with Gasteiger partial charge in [0.2, 0.25) is 0 Å². The van der Waals surface area contributed by atoms with E-state index in [2.05, 4.69) is 14.7 Å². The highest BCUT2D eigenvalue weighted by atomic mass is 32.1. The number of nitrogens with two attached hydrogens (primary N) is 1. The summed E-state index contributed by atoms with van der Waals surface area (Å²) in [7, 11) is 0. The first-order valence-electron chi connectivity index (χ1n) is 5.88. The number of hydrogen-bond acceptors (Lipinski definition) is 7. The van der Waals surface area contributed by atoms with Crippen molar-refractivity contribution in [3.8, 4) is 0 Å². The minimum atomic E-state index is -0.371. The van der Waals surface area contributed by atoms with Crippen LogP contribution in [-0.4, -0.2) is 24.3 Å². The van der Waals surface area contributed by atoms with Crippen molar-refractivity contribution in [2.24, 2.45) is 0 Å². The molecule has 0 fully saturated rings. The number of aryl methyl sites for hydroxylation is 1. The predicted molar refractivity (Wildman–Crippen MR) is 71.1 cm³/mol. The van der Waals surface area contributed by atoms with E-state index in [1.165, 1.54) is 0 Å². The minimum Gasteiger partial charge on any atom is -0.388 e. The Morgan fingerprint density at radius 2 is 2.11 bits per heavy atom. The summed E-state index contributed by atoms with van der Waals surface area (Å²) < 4.78 is 5.35. The average Bonchev–Trinajstić information content (AvgIpc) is 2.93. The van der Waals surface area contributed by atoms with Gasteiger partial charge in [-0.1, -0.05) is 18.3 Å². The van der Waals surface area contributed by atoms with Crippen molar-refractivity contribution in [2.75, 3.05) is 5.73 Å². The molecule has 0 bridgehead atoms. The summed E-state index contributed by atoms with van der Waals surface area (Å²) >= 11 is 1.10. The predicted octanol–water partition coefficient (Wildman–Crippen LogP) is 1.40. The van der Waals surface area contributed by atoms with Crippen LogP contribution in [0.25, 0.3) is 0 Å². The second-order valence-corrected chi connectivity index (χ2v) is 4.73. The molecule has 0 spiro atoms. The first-order valence-corrected chi connectivity index (χ1v) is 6.65. The van der Waals surface area contributed by atoms with Crippen LogP contribution in [0.5, 0.6) is 0 Å². The molecule has 9 heteroatoms. The number of rotatable bonds is 5.